The molecular weight excluding hydrogens is 587 g/mol. The van der Waals surface area contributed by atoms with Crippen LogP contribution in [0.4, 0.5) is 0 Å². The third-order valence-electron chi connectivity index (χ3n) is 11.0. The molecule has 5 nitrogen and oxygen atoms in total. The van der Waals surface area contributed by atoms with Crippen LogP contribution in [0.5, 0.6) is 0 Å². The van der Waals surface area contributed by atoms with Gasteiger partial charge in [0.1, 0.15) is 0 Å². The molecule has 2 aromatic heterocycles. The monoisotopic (exact) mass is 621 g/mol. The first-order valence-corrected chi connectivity index (χ1v) is 17.1. The van der Waals surface area contributed by atoms with E-state index in [1.807, 2.05) is 73.1 Å². The lowest BCUT2D eigenvalue weighted by Crippen LogP contribution is -2.48. The quantitative estimate of drug-likeness (QED) is 0.185. The molecule has 0 unspecified atom stereocenters. The van der Waals surface area contributed by atoms with Crippen molar-refractivity contribution in [2.24, 2.45) is 17.8 Å². The second kappa shape index (κ2) is 11.6. The fourth-order valence-corrected chi connectivity index (χ4v) is 9.19. The number of aromatic nitrogens is 4. The topological polar surface area (TPSA) is 75.3 Å². The van der Waals surface area contributed by atoms with Gasteiger partial charge in [-0.05, 0) is 132 Å². The number of pyridine rings is 1. The van der Waals surface area contributed by atoms with Gasteiger partial charge in [-0.2, -0.15) is 5.26 Å². The van der Waals surface area contributed by atoms with Crippen LogP contribution in [0.3, 0.4) is 0 Å². The average molecular weight is 622 g/mol. The third-order valence-corrected chi connectivity index (χ3v) is 11.0. The maximum absolute atomic E-state index is 9.59. The molecule has 4 aromatic carbocycles. The first-order chi connectivity index (χ1) is 23.6. The Hall–Kier alpha value is -5.47. The van der Waals surface area contributed by atoms with Crippen LogP contribution < -0.4 is 0 Å². The van der Waals surface area contributed by atoms with E-state index in [4.69, 9.17) is 15.0 Å². The highest BCUT2D eigenvalue weighted by Gasteiger charge is 2.51. The fourth-order valence-electron chi connectivity index (χ4n) is 9.19. The van der Waals surface area contributed by atoms with Gasteiger partial charge < -0.3 is 0 Å². The lowest BCUT2D eigenvalue weighted by Gasteiger charge is -2.57. The van der Waals surface area contributed by atoms with E-state index in [9.17, 15) is 5.26 Å². The van der Waals surface area contributed by atoms with Crippen molar-refractivity contribution >= 4 is 0 Å². The number of nitrogens with zero attached hydrogens (tertiary/aromatic N) is 5. The number of hydrogen-bond acceptors (Lipinski definition) is 5. The van der Waals surface area contributed by atoms with Crippen LogP contribution in [0.25, 0.3) is 56.4 Å². The van der Waals surface area contributed by atoms with Crippen LogP contribution in [0.1, 0.15) is 49.7 Å². The van der Waals surface area contributed by atoms with Gasteiger partial charge in [-0.25, -0.2) is 15.0 Å². The lowest BCUT2D eigenvalue weighted by molar-refractivity contribution is -0.00518. The maximum atomic E-state index is 9.59. The summed E-state index contributed by atoms with van der Waals surface area (Å²) in [5.41, 5.74) is 9.51. The molecule has 0 aliphatic heterocycles. The van der Waals surface area contributed by atoms with E-state index in [1.54, 1.807) is 6.07 Å². The minimum atomic E-state index is 0.370. The lowest BCUT2D eigenvalue weighted by atomic mass is 9.48. The molecule has 0 spiro atoms. The van der Waals surface area contributed by atoms with E-state index in [-0.39, 0.29) is 0 Å². The van der Waals surface area contributed by atoms with Gasteiger partial charge >= 0.3 is 0 Å². The van der Waals surface area contributed by atoms with Gasteiger partial charge in [-0.15, -0.1) is 0 Å². The Labute approximate surface area is 281 Å². The second-order valence-corrected chi connectivity index (χ2v) is 14.2. The number of benzene rings is 4. The van der Waals surface area contributed by atoms with Crippen molar-refractivity contribution in [3.63, 3.8) is 0 Å². The summed E-state index contributed by atoms with van der Waals surface area (Å²) in [5.74, 6) is 4.47. The van der Waals surface area contributed by atoms with E-state index < -0.39 is 0 Å². The molecule has 5 heteroatoms. The summed E-state index contributed by atoms with van der Waals surface area (Å²) in [4.78, 5) is 19.2. The minimum absolute atomic E-state index is 0.370. The molecule has 48 heavy (non-hydrogen) atoms. The zero-order valence-electron chi connectivity index (χ0n) is 26.8. The van der Waals surface area contributed by atoms with Crippen LogP contribution in [-0.4, -0.2) is 19.9 Å². The zero-order chi connectivity index (χ0) is 32.1. The Morgan fingerprint density at radius 1 is 0.500 bits per heavy atom. The summed E-state index contributed by atoms with van der Waals surface area (Å²) in [6, 6.07) is 39.9. The third kappa shape index (κ3) is 5.28. The molecule has 6 aromatic rings. The van der Waals surface area contributed by atoms with E-state index in [0.717, 1.165) is 51.1 Å². The first-order valence-electron chi connectivity index (χ1n) is 17.1. The number of hydrogen-bond donors (Lipinski definition) is 0. The van der Waals surface area contributed by atoms with Crippen molar-refractivity contribution in [1.82, 2.24) is 19.9 Å². The summed E-state index contributed by atoms with van der Waals surface area (Å²) in [6.07, 6.45) is 12.1. The molecule has 4 bridgehead atoms. The number of nitriles is 1. The molecule has 2 heterocycles. The van der Waals surface area contributed by atoms with Crippen molar-refractivity contribution in [2.75, 3.05) is 0 Å². The van der Waals surface area contributed by atoms with Gasteiger partial charge in [0.2, 0.25) is 0 Å². The zero-order valence-corrected chi connectivity index (χ0v) is 26.8. The maximum Gasteiger partial charge on any atom is 0.164 e. The summed E-state index contributed by atoms with van der Waals surface area (Å²) < 4.78 is 0. The Morgan fingerprint density at radius 3 is 1.67 bits per heavy atom. The van der Waals surface area contributed by atoms with E-state index >= 15 is 0 Å². The smallest absolute Gasteiger partial charge is 0.164 e. The standard InChI is InChI=1S/C43H35N5/c44-27-28-5-4-8-35(20-28)41-46-40(34-6-2-1-3-7-34)47-42(48-41)38-22-36(21-37(23-38)33-13-15-45-16-14-33)32-9-11-39(12-10-32)43-24-29-17-30(25-43)19-31(18-29)26-43/h1-16,20-23,29-31H,17-19,24-26H2. The summed E-state index contributed by atoms with van der Waals surface area (Å²) in [7, 11) is 0. The van der Waals surface area contributed by atoms with Crippen LogP contribution in [0.2, 0.25) is 0 Å². The summed E-state index contributed by atoms with van der Waals surface area (Å²) in [6.45, 7) is 0. The highest BCUT2D eigenvalue weighted by molar-refractivity contribution is 5.80. The summed E-state index contributed by atoms with van der Waals surface area (Å²) in [5, 5.41) is 9.59. The molecule has 4 saturated carbocycles. The van der Waals surface area contributed by atoms with Crippen LogP contribution >= 0.6 is 0 Å². The Balaban J connectivity index is 1.17. The van der Waals surface area contributed by atoms with E-state index in [0.29, 0.717) is 28.5 Å². The second-order valence-electron chi connectivity index (χ2n) is 14.2. The van der Waals surface area contributed by atoms with Crippen molar-refractivity contribution in [2.45, 2.75) is 43.9 Å². The van der Waals surface area contributed by atoms with Crippen LogP contribution in [-0.2, 0) is 5.41 Å². The molecule has 4 aliphatic carbocycles. The minimum Gasteiger partial charge on any atom is -0.265 e. The largest absolute Gasteiger partial charge is 0.265 e. The SMILES string of the molecule is N#Cc1cccc(-c2nc(-c3ccccc3)nc(-c3cc(-c4ccncc4)cc(-c4ccc(C56CC7CC(CC(C7)C5)C6)cc4)c3)n2)c1. The van der Waals surface area contributed by atoms with E-state index in [2.05, 4.69) is 53.5 Å². The predicted octanol–water partition coefficient (Wildman–Crippen LogP) is 9.94. The van der Waals surface area contributed by atoms with Crippen LogP contribution in [0.15, 0.2) is 122 Å². The highest BCUT2D eigenvalue weighted by Crippen LogP contribution is 2.60. The van der Waals surface area contributed by atoms with Gasteiger partial charge in [-0.3, -0.25) is 4.98 Å². The molecule has 0 atom stereocenters. The predicted molar refractivity (Wildman–Crippen MR) is 189 cm³/mol. The van der Waals surface area contributed by atoms with Gasteiger partial charge in [0.15, 0.2) is 17.5 Å². The summed E-state index contributed by atoms with van der Waals surface area (Å²) >= 11 is 0. The first kappa shape index (κ1) is 28.7. The van der Waals surface area contributed by atoms with Crippen molar-refractivity contribution in [3.05, 3.63) is 133 Å². The van der Waals surface area contributed by atoms with Crippen LogP contribution in [0, 0.1) is 29.1 Å². The Morgan fingerprint density at radius 2 is 1.04 bits per heavy atom. The molecule has 0 N–H and O–H groups in total. The van der Waals surface area contributed by atoms with Gasteiger partial charge in [0.05, 0.1) is 11.6 Å². The normalized spacial score (nSPS) is 22.4. The molecule has 0 amide bonds. The van der Waals surface area contributed by atoms with Gasteiger partial charge in [0, 0.05) is 29.1 Å². The Kier molecular flexibility index (Phi) is 6.97. The average Bonchev–Trinajstić information content (AvgIpc) is 3.15. The number of rotatable bonds is 6. The molecule has 0 saturated heterocycles. The molecule has 0 radical (unpaired) electrons. The molecular formula is C43H35N5. The van der Waals surface area contributed by atoms with Crippen molar-refractivity contribution in [3.8, 4) is 62.5 Å². The van der Waals surface area contributed by atoms with Gasteiger partial charge in [-0.1, -0.05) is 66.7 Å². The molecule has 10 rings (SSSR count). The van der Waals surface area contributed by atoms with Crippen molar-refractivity contribution < 1.29 is 0 Å². The molecule has 232 valence electrons. The van der Waals surface area contributed by atoms with E-state index in [1.165, 1.54) is 49.7 Å². The fraction of sp³-hybridized carbons (Fsp3) is 0.233. The highest BCUT2D eigenvalue weighted by atomic mass is 15.0. The molecule has 4 aliphatic rings. The Bertz CT molecular complexity index is 2130. The van der Waals surface area contributed by atoms with Gasteiger partial charge in [0.25, 0.3) is 0 Å². The molecule has 4 fully saturated rings. The van der Waals surface area contributed by atoms with Crippen molar-refractivity contribution in [1.29, 1.82) is 5.26 Å².